The Balaban J connectivity index is 1.73. The van der Waals surface area contributed by atoms with E-state index < -0.39 is 0 Å². The minimum Gasteiger partial charge on any atom is -0.361 e. The molecule has 104 valence electrons. The lowest BCUT2D eigenvalue weighted by Gasteiger charge is -2.05. The molecule has 0 saturated heterocycles. The molecule has 1 fully saturated rings. The monoisotopic (exact) mass is 276 g/mol. The van der Waals surface area contributed by atoms with E-state index in [1.165, 1.54) is 5.56 Å². The van der Waals surface area contributed by atoms with Crippen molar-refractivity contribution in [3.8, 4) is 11.1 Å². The summed E-state index contributed by atoms with van der Waals surface area (Å²) >= 11 is 0. The lowest BCUT2D eigenvalue weighted by molar-refractivity contribution is -0.117. The zero-order valence-electron chi connectivity index (χ0n) is 11.6. The van der Waals surface area contributed by atoms with Crippen molar-refractivity contribution in [1.29, 1.82) is 0 Å². The third kappa shape index (κ3) is 2.31. The topological polar surface area (TPSA) is 44.9 Å². The van der Waals surface area contributed by atoms with Crippen LogP contribution < -0.4 is 5.32 Å². The molecule has 0 aliphatic heterocycles. The number of hydrogen-bond acceptors (Lipinski definition) is 1. The van der Waals surface area contributed by atoms with Gasteiger partial charge in [-0.2, -0.15) is 0 Å². The molecule has 3 nitrogen and oxygen atoms in total. The van der Waals surface area contributed by atoms with Crippen LogP contribution in [0.3, 0.4) is 0 Å². The van der Waals surface area contributed by atoms with Crippen LogP contribution in [0.2, 0.25) is 0 Å². The van der Waals surface area contributed by atoms with Crippen molar-refractivity contribution < 1.29 is 4.79 Å². The quantitative estimate of drug-likeness (QED) is 0.740. The molecule has 1 amide bonds. The van der Waals surface area contributed by atoms with E-state index in [0.29, 0.717) is 0 Å². The molecular weight excluding hydrogens is 260 g/mol. The van der Waals surface area contributed by atoms with Gasteiger partial charge in [-0.1, -0.05) is 30.3 Å². The molecule has 2 N–H and O–H groups in total. The normalized spacial score (nSPS) is 14.3. The maximum atomic E-state index is 11.9. The third-order valence-electron chi connectivity index (χ3n) is 3.98. The number of nitrogens with one attached hydrogen (secondary N) is 2. The van der Waals surface area contributed by atoms with Gasteiger partial charge in [0, 0.05) is 34.3 Å². The van der Waals surface area contributed by atoms with E-state index in [9.17, 15) is 4.79 Å². The van der Waals surface area contributed by atoms with Crippen LogP contribution in [-0.4, -0.2) is 10.9 Å². The number of benzene rings is 2. The van der Waals surface area contributed by atoms with E-state index in [4.69, 9.17) is 0 Å². The lowest BCUT2D eigenvalue weighted by atomic mass is 10.0. The molecule has 1 saturated carbocycles. The Kier molecular flexibility index (Phi) is 2.78. The van der Waals surface area contributed by atoms with Crippen molar-refractivity contribution in [1.82, 2.24) is 4.98 Å². The zero-order chi connectivity index (χ0) is 14.2. The molecular formula is C18H16N2O. The van der Waals surface area contributed by atoms with E-state index >= 15 is 0 Å². The molecule has 3 aromatic rings. The average Bonchev–Trinajstić information content (AvgIpc) is 3.29. The Morgan fingerprint density at radius 2 is 1.90 bits per heavy atom. The fourth-order valence-electron chi connectivity index (χ4n) is 2.64. The summed E-state index contributed by atoms with van der Waals surface area (Å²) in [7, 11) is 0. The van der Waals surface area contributed by atoms with Crippen molar-refractivity contribution in [3.63, 3.8) is 0 Å². The SMILES string of the molecule is O=C(Nc1ccc2[nH]cc(-c3ccccc3)c2c1)C1CC1. The van der Waals surface area contributed by atoms with Crippen molar-refractivity contribution in [2.24, 2.45) is 5.92 Å². The number of H-pyrrole nitrogens is 1. The van der Waals surface area contributed by atoms with Crippen LogP contribution in [0.5, 0.6) is 0 Å². The first-order valence-electron chi connectivity index (χ1n) is 7.29. The molecule has 4 rings (SSSR count). The predicted octanol–water partition coefficient (Wildman–Crippen LogP) is 4.18. The summed E-state index contributed by atoms with van der Waals surface area (Å²) < 4.78 is 0. The van der Waals surface area contributed by atoms with E-state index in [2.05, 4.69) is 28.5 Å². The van der Waals surface area contributed by atoms with Gasteiger partial charge >= 0.3 is 0 Å². The Morgan fingerprint density at radius 3 is 2.67 bits per heavy atom. The van der Waals surface area contributed by atoms with Gasteiger partial charge in [-0.05, 0) is 36.6 Å². The molecule has 2 aromatic carbocycles. The number of fused-ring (bicyclic) bond motifs is 1. The average molecular weight is 276 g/mol. The Bertz CT molecular complexity index is 800. The van der Waals surface area contributed by atoms with Crippen LogP contribution in [0.25, 0.3) is 22.0 Å². The first-order chi connectivity index (χ1) is 10.3. The van der Waals surface area contributed by atoms with Gasteiger partial charge in [-0.25, -0.2) is 0 Å². The molecule has 0 spiro atoms. The van der Waals surface area contributed by atoms with Gasteiger partial charge in [-0.3, -0.25) is 4.79 Å². The summed E-state index contributed by atoms with van der Waals surface area (Å²) in [6.07, 6.45) is 4.06. The molecule has 3 heteroatoms. The fourth-order valence-corrected chi connectivity index (χ4v) is 2.64. The number of aromatic nitrogens is 1. The highest BCUT2D eigenvalue weighted by Gasteiger charge is 2.29. The lowest BCUT2D eigenvalue weighted by Crippen LogP contribution is -2.12. The Hall–Kier alpha value is -2.55. The molecule has 1 heterocycles. The summed E-state index contributed by atoms with van der Waals surface area (Å²) in [5, 5.41) is 4.15. The van der Waals surface area contributed by atoms with Crippen LogP contribution in [0.15, 0.2) is 54.7 Å². The van der Waals surface area contributed by atoms with Gasteiger partial charge in [0.2, 0.25) is 5.91 Å². The molecule has 0 radical (unpaired) electrons. The number of hydrogen-bond donors (Lipinski definition) is 2. The van der Waals surface area contributed by atoms with Crippen molar-refractivity contribution in [2.75, 3.05) is 5.32 Å². The number of carbonyl (C=O) groups excluding carboxylic acids is 1. The van der Waals surface area contributed by atoms with E-state index in [1.807, 2.05) is 36.5 Å². The second kappa shape index (κ2) is 4.77. The van der Waals surface area contributed by atoms with Crippen LogP contribution in [0.4, 0.5) is 5.69 Å². The second-order valence-electron chi connectivity index (χ2n) is 5.59. The van der Waals surface area contributed by atoms with Gasteiger partial charge in [0.1, 0.15) is 0 Å². The Morgan fingerprint density at radius 1 is 1.10 bits per heavy atom. The fraction of sp³-hybridized carbons (Fsp3) is 0.167. The van der Waals surface area contributed by atoms with Crippen LogP contribution in [0, 0.1) is 5.92 Å². The largest absolute Gasteiger partial charge is 0.361 e. The van der Waals surface area contributed by atoms with Crippen molar-refractivity contribution >= 4 is 22.5 Å². The summed E-state index contributed by atoms with van der Waals surface area (Å²) in [6, 6.07) is 16.3. The van der Waals surface area contributed by atoms with Gasteiger partial charge in [0.15, 0.2) is 0 Å². The van der Waals surface area contributed by atoms with Crippen molar-refractivity contribution in [2.45, 2.75) is 12.8 Å². The number of rotatable bonds is 3. The predicted molar refractivity (Wildman–Crippen MR) is 85.1 cm³/mol. The van der Waals surface area contributed by atoms with Crippen LogP contribution in [-0.2, 0) is 4.79 Å². The number of carbonyl (C=O) groups is 1. The van der Waals surface area contributed by atoms with E-state index in [0.717, 1.165) is 35.0 Å². The minimum atomic E-state index is 0.145. The first-order valence-corrected chi connectivity index (χ1v) is 7.29. The van der Waals surface area contributed by atoms with Crippen LogP contribution in [0.1, 0.15) is 12.8 Å². The van der Waals surface area contributed by atoms with E-state index in [-0.39, 0.29) is 11.8 Å². The smallest absolute Gasteiger partial charge is 0.227 e. The third-order valence-corrected chi connectivity index (χ3v) is 3.98. The summed E-state index contributed by atoms with van der Waals surface area (Å²) in [5.74, 6) is 0.367. The van der Waals surface area contributed by atoms with Crippen molar-refractivity contribution in [3.05, 3.63) is 54.7 Å². The highest BCUT2D eigenvalue weighted by Crippen LogP contribution is 2.32. The molecule has 1 aliphatic carbocycles. The Labute approximate surface area is 123 Å². The number of aromatic amines is 1. The van der Waals surface area contributed by atoms with Gasteiger partial charge in [0.25, 0.3) is 0 Å². The van der Waals surface area contributed by atoms with Gasteiger partial charge in [-0.15, -0.1) is 0 Å². The highest BCUT2D eigenvalue weighted by atomic mass is 16.2. The first kappa shape index (κ1) is 12.2. The summed E-state index contributed by atoms with van der Waals surface area (Å²) in [4.78, 5) is 15.2. The highest BCUT2D eigenvalue weighted by molar-refractivity contribution is 6.00. The molecule has 21 heavy (non-hydrogen) atoms. The van der Waals surface area contributed by atoms with Gasteiger partial charge < -0.3 is 10.3 Å². The maximum absolute atomic E-state index is 11.9. The zero-order valence-corrected chi connectivity index (χ0v) is 11.6. The number of anilines is 1. The van der Waals surface area contributed by atoms with Crippen LogP contribution >= 0.6 is 0 Å². The molecule has 1 aromatic heterocycles. The van der Waals surface area contributed by atoms with E-state index in [1.54, 1.807) is 0 Å². The summed E-state index contributed by atoms with van der Waals surface area (Å²) in [5.41, 5.74) is 4.29. The molecule has 0 bridgehead atoms. The van der Waals surface area contributed by atoms with Gasteiger partial charge in [0.05, 0.1) is 0 Å². The standard InChI is InChI=1S/C18H16N2O/c21-18(13-6-7-13)20-14-8-9-17-15(10-14)16(11-19-17)12-4-2-1-3-5-12/h1-5,8-11,13,19H,6-7H2,(H,20,21). The molecule has 0 unspecified atom stereocenters. The molecule has 1 aliphatic rings. The maximum Gasteiger partial charge on any atom is 0.227 e. The number of amides is 1. The molecule has 0 atom stereocenters. The minimum absolute atomic E-state index is 0.145. The second-order valence-corrected chi connectivity index (χ2v) is 5.59. The summed E-state index contributed by atoms with van der Waals surface area (Å²) in [6.45, 7) is 0.